The van der Waals surface area contributed by atoms with Gasteiger partial charge in [0.05, 0.1) is 62.0 Å². The van der Waals surface area contributed by atoms with Crippen LogP contribution in [0.25, 0.3) is 0 Å². The molecule has 668 valence electrons. The lowest BCUT2D eigenvalue weighted by Gasteiger charge is -2.62. The summed E-state index contributed by atoms with van der Waals surface area (Å²) in [7, 11) is 0. The van der Waals surface area contributed by atoms with Crippen LogP contribution in [0.15, 0.2) is 57.8 Å². The summed E-state index contributed by atoms with van der Waals surface area (Å²) in [6.45, 7) is 27.1. The van der Waals surface area contributed by atoms with Gasteiger partial charge >= 0.3 is 0 Å². The summed E-state index contributed by atoms with van der Waals surface area (Å²) in [5, 5.41) is 100. The van der Waals surface area contributed by atoms with E-state index in [1.165, 1.54) is 12.2 Å². The number of hydrogen-bond acceptors (Lipinski definition) is 19. The van der Waals surface area contributed by atoms with Crippen LogP contribution >= 0.6 is 0 Å². The zero-order valence-corrected chi connectivity index (χ0v) is 66.2. The first-order chi connectivity index (χ1) is 49.9. The van der Waals surface area contributed by atoms with Crippen LogP contribution < -0.4 is 42.8 Å². The molecule has 0 aliphatic heterocycles. The number of nitrogens with zero attached hydrogens (tertiary/aromatic N) is 2. The maximum absolute atomic E-state index is 17.6. The van der Waals surface area contributed by atoms with Crippen LogP contribution in [-0.2, 0) is 47.9 Å². The Morgan fingerprint density at radius 1 is 0.534 bits per heavy atom. The number of amides is 8. The van der Waals surface area contributed by atoms with E-state index in [-0.39, 0.29) is 140 Å². The second-order valence-electron chi connectivity index (χ2n) is 35.0. The van der Waals surface area contributed by atoms with Crippen molar-refractivity contribution in [3.05, 3.63) is 47.6 Å². The molecule has 20 atom stereocenters. The molecule has 29 heteroatoms. The molecule has 0 radical (unpaired) electrons. The average molecular weight is 1650 g/mol. The SMILES string of the molecule is C.C.C.C.C.C.C.C.CCC(=NNC(=O)CNC(=O)CNC(=O)C(C)(C)CC(C)(CC)C(=O)NCC(C)O)C1(O)C(C)CC2C3CCC4=CC(=O)C=CC4(C)C3(F)C(O)CC21C.CCC(C)(CC(C)(C)C(=O)NCC(=O)NCC(=O)NN=C1C=CC2(C)C(=C1)CCC1C3CC(C)C(O)(C(=O)CO)C3(C)CC(O)C12F)C(=O)NCC(C)O. The lowest BCUT2D eigenvalue weighted by molar-refractivity contribution is -0.219. The Morgan fingerprint density at radius 2 is 0.905 bits per heavy atom. The average Bonchev–Trinajstić information content (AvgIpc) is 1.40. The first kappa shape index (κ1) is 111. The molecule has 0 saturated heterocycles. The van der Waals surface area contributed by atoms with E-state index in [1.54, 1.807) is 114 Å². The smallest absolute Gasteiger partial charge is 0.259 e. The van der Waals surface area contributed by atoms with Gasteiger partial charge in [-0.15, -0.1) is 0 Å². The monoisotopic (exact) mass is 1650 g/mol. The standard InChI is InChI=1S/C40H62FN5O8.C39H60FN5O9.8CH4/c1-10-29(45-46-32(51)21-42-31(50)20-44-33(52)35(5,6)22-36(7,11-2)34(53)43-19-24(4)47)40(54)23(3)16-28-27-13-12-25-17-26(48)14-15-37(25,8)39(27,41)30(49)18-38(28,40)9;1-9-35(6,33(53)42-17-23(3)47)21-34(4,5)32(52)43-18-30(50)41-19-31(51)45-44-25-12-13-36(7)24(15-25)10-11-26-27-14-22(2)39(54,29(49)20-46)37(27,8)16-28(48)38(26,36)40;;;;;;;;/h14-15,17,23-24,27-28,30,47,49,54H,10-13,16,18-22H2,1-9H3,(H,42,50)(H,43,53)(H,44,52)(H,46,51);12-13,15,22-23,26-28,46-48,54H,9-11,14,16-21H2,1-8H3,(H,41,50)(H,42,53)(H,43,52)(H,45,51);8*1H4. The quantitative estimate of drug-likeness (QED) is 0.0256. The van der Waals surface area contributed by atoms with Crippen molar-refractivity contribution < 1.29 is 92.5 Å². The molecule has 8 aliphatic rings. The highest BCUT2D eigenvalue weighted by Gasteiger charge is 2.77. The number of Topliss-reactive ketones (excluding diaryl/α,β-unsaturated/α-hetero) is 1. The normalized spacial score (nSPS) is 32.8. The minimum absolute atomic E-state index is 0. The number of allylic oxidation sites excluding steroid dienone is 8. The van der Waals surface area contributed by atoms with Gasteiger partial charge in [0.25, 0.3) is 11.8 Å². The van der Waals surface area contributed by atoms with Crippen LogP contribution in [0, 0.1) is 78.8 Å². The fourth-order valence-electron chi connectivity index (χ4n) is 20.3. The van der Waals surface area contributed by atoms with Crippen LogP contribution in [0.3, 0.4) is 0 Å². The predicted octanol–water partition coefficient (Wildman–Crippen LogP) is 9.23. The van der Waals surface area contributed by atoms with Crippen molar-refractivity contribution in [2.45, 2.75) is 308 Å². The lowest BCUT2D eigenvalue weighted by Crippen LogP contribution is -2.69. The topological polar surface area (TPSA) is 433 Å². The molecule has 8 amide bonds. The predicted molar refractivity (Wildman–Crippen MR) is 453 cm³/mol. The summed E-state index contributed by atoms with van der Waals surface area (Å²) in [5.74, 6) is -7.79. The molecule has 0 aromatic carbocycles. The number of nitrogens with one attached hydrogen (secondary N) is 8. The number of carbonyl (C=O) groups excluding carboxylic acids is 10. The molecule has 20 unspecified atom stereocenters. The summed E-state index contributed by atoms with van der Waals surface area (Å²) >= 11 is 0. The largest absolute Gasteiger partial charge is 0.392 e. The summed E-state index contributed by atoms with van der Waals surface area (Å²) < 4.78 is 35.2. The number of hydrogen-bond donors (Lipinski definition) is 15. The maximum atomic E-state index is 17.6. The number of aliphatic hydroxyl groups excluding tert-OH is 5. The highest BCUT2D eigenvalue weighted by Crippen LogP contribution is 2.73. The van der Waals surface area contributed by atoms with Gasteiger partial charge in [-0.2, -0.15) is 10.2 Å². The Hall–Kier alpha value is -7.02. The molecule has 6 saturated carbocycles. The lowest BCUT2D eigenvalue weighted by atomic mass is 9.44. The molecule has 8 rings (SSSR count). The Morgan fingerprint density at radius 3 is 1.29 bits per heavy atom. The Kier molecular flexibility index (Phi) is 39.5. The molecule has 0 bridgehead atoms. The Balaban J connectivity index is 0. The van der Waals surface area contributed by atoms with E-state index in [0.717, 1.165) is 0 Å². The van der Waals surface area contributed by atoms with Gasteiger partial charge in [0, 0.05) is 68.2 Å². The number of aliphatic hydroxyl groups is 7. The number of hydrazone groups is 2. The molecule has 15 N–H and O–H groups in total. The first-order valence-corrected chi connectivity index (χ1v) is 38.4. The van der Waals surface area contributed by atoms with E-state index in [0.29, 0.717) is 68.2 Å². The number of carbonyl (C=O) groups is 10. The number of halogens is 2. The third-order valence-electron chi connectivity index (χ3n) is 26.8. The maximum Gasteiger partial charge on any atom is 0.259 e. The van der Waals surface area contributed by atoms with Crippen LogP contribution in [0.5, 0.6) is 0 Å². The first-order valence-electron chi connectivity index (χ1n) is 38.4. The van der Waals surface area contributed by atoms with Crippen molar-refractivity contribution >= 4 is 70.2 Å². The fraction of sp³-hybridized carbons (Fsp3) is 0.770. The molecule has 0 aromatic heterocycles. The van der Waals surface area contributed by atoms with Gasteiger partial charge in [-0.25, -0.2) is 19.6 Å². The number of fused-ring (bicyclic) bond motifs is 10. The van der Waals surface area contributed by atoms with Gasteiger partial charge in [0.15, 0.2) is 22.9 Å². The molecule has 0 spiro atoms. The molecule has 27 nitrogen and oxygen atoms in total. The highest BCUT2D eigenvalue weighted by atomic mass is 19.1. The van der Waals surface area contributed by atoms with Crippen molar-refractivity contribution in [3.8, 4) is 0 Å². The number of rotatable bonds is 28. The van der Waals surface area contributed by atoms with Crippen molar-refractivity contribution in [2.24, 2.45) is 89.0 Å². The highest BCUT2D eigenvalue weighted by molar-refractivity contribution is 6.06. The summed E-state index contributed by atoms with van der Waals surface area (Å²) in [6, 6.07) is 0. The molecular weight excluding hydrogens is 1500 g/mol. The molecule has 0 aromatic rings. The Bertz CT molecular complexity index is 3690. The van der Waals surface area contributed by atoms with Gasteiger partial charge in [-0.3, -0.25) is 47.9 Å². The van der Waals surface area contributed by atoms with Gasteiger partial charge in [-0.1, -0.05) is 173 Å². The van der Waals surface area contributed by atoms with E-state index >= 15 is 8.78 Å². The number of ketones is 2. The molecule has 0 heterocycles. The van der Waals surface area contributed by atoms with E-state index in [2.05, 4.69) is 53.0 Å². The van der Waals surface area contributed by atoms with Gasteiger partial charge in [0.1, 0.15) is 17.8 Å². The number of alkyl halides is 2. The van der Waals surface area contributed by atoms with Crippen LogP contribution in [0.4, 0.5) is 8.78 Å². The molecule has 6 fully saturated rings. The second-order valence-corrected chi connectivity index (χ2v) is 35.0. The van der Waals surface area contributed by atoms with Crippen molar-refractivity contribution in [3.63, 3.8) is 0 Å². The molecular formula is C87H154F2N10O17. The van der Waals surface area contributed by atoms with Crippen LogP contribution in [0.1, 0.15) is 261 Å². The van der Waals surface area contributed by atoms with Gasteiger partial charge in [0.2, 0.25) is 35.4 Å². The summed E-state index contributed by atoms with van der Waals surface area (Å²) in [5.41, 5.74) is -9.10. The second kappa shape index (κ2) is 41.3. The minimum Gasteiger partial charge on any atom is -0.392 e. The molecule has 116 heavy (non-hydrogen) atoms. The zero-order valence-electron chi connectivity index (χ0n) is 66.2. The third kappa shape index (κ3) is 20.4. The summed E-state index contributed by atoms with van der Waals surface area (Å²) in [6.07, 6.45) is 8.92. The minimum atomic E-state index is -2.11. The fourth-order valence-corrected chi connectivity index (χ4v) is 20.3. The van der Waals surface area contributed by atoms with Gasteiger partial charge < -0.3 is 67.6 Å². The zero-order chi connectivity index (χ0) is 81.3. The van der Waals surface area contributed by atoms with E-state index in [4.69, 9.17) is 0 Å². The van der Waals surface area contributed by atoms with Crippen molar-refractivity contribution in [2.75, 3.05) is 45.9 Å². The van der Waals surface area contributed by atoms with Crippen LogP contribution in [0.2, 0.25) is 0 Å². The van der Waals surface area contributed by atoms with Gasteiger partial charge in [-0.05, 0) is 159 Å². The summed E-state index contributed by atoms with van der Waals surface area (Å²) in [4.78, 5) is 127. The van der Waals surface area contributed by atoms with E-state index in [9.17, 15) is 83.7 Å². The third-order valence-corrected chi connectivity index (χ3v) is 26.8. The van der Waals surface area contributed by atoms with Crippen molar-refractivity contribution in [1.82, 2.24) is 42.8 Å². The Labute approximate surface area is 692 Å². The van der Waals surface area contributed by atoms with Crippen molar-refractivity contribution in [1.29, 1.82) is 0 Å². The van der Waals surface area contributed by atoms with Crippen LogP contribution in [-0.4, -0.2) is 199 Å². The molecule has 8 aliphatic carbocycles. The van der Waals surface area contributed by atoms with E-state index in [1.807, 2.05) is 27.7 Å². The van der Waals surface area contributed by atoms with E-state index < -0.39 is 188 Å².